The van der Waals surface area contributed by atoms with Crippen LogP contribution in [0.3, 0.4) is 0 Å². The zero-order chi connectivity index (χ0) is 8.97. The average Bonchev–Trinajstić information content (AvgIpc) is 2.09. The van der Waals surface area contributed by atoms with Gasteiger partial charge in [-0.25, -0.2) is 4.98 Å². The van der Waals surface area contributed by atoms with Crippen molar-refractivity contribution in [3.63, 3.8) is 0 Å². The van der Waals surface area contributed by atoms with E-state index in [1.165, 1.54) is 0 Å². The van der Waals surface area contributed by atoms with Gasteiger partial charge in [-0.2, -0.15) is 10.5 Å². The van der Waals surface area contributed by atoms with Gasteiger partial charge in [0.15, 0.2) is 0 Å². The van der Waals surface area contributed by atoms with Crippen molar-refractivity contribution in [3.05, 3.63) is 29.1 Å². The van der Waals surface area contributed by atoms with E-state index < -0.39 is 0 Å². The van der Waals surface area contributed by atoms with E-state index >= 15 is 0 Å². The van der Waals surface area contributed by atoms with E-state index in [4.69, 9.17) is 10.5 Å². The van der Waals surface area contributed by atoms with Crippen molar-refractivity contribution in [1.82, 2.24) is 4.98 Å². The summed E-state index contributed by atoms with van der Waals surface area (Å²) < 4.78 is 0. The topological polar surface area (TPSA) is 60.5 Å². The minimum absolute atomic E-state index is 0.336. The van der Waals surface area contributed by atoms with Gasteiger partial charge < -0.3 is 0 Å². The first-order valence-electron chi connectivity index (χ1n) is 3.51. The largest absolute Gasteiger partial charge is 0.245 e. The first-order valence-corrected chi connectivity index (χ1v) is 3.51. The smallest absolute Gasteiger partial charge is 0.143 e. The highest BCUT2D eigenvalue weighted by atomic mass is 14.7. The molecule has 0 N–H and O–H groups in total. The molecule has 0 saturated carbocycles. The van der Waals surface area contributed by atoms with Crippen molar-refractivity contribution in [2.24, 2.45) is 0 Å². The quantitative estimate of drug-likeness (QED) is 0.617. The van der Waals surface area contributed by atoms with Gasteiger partial charge in [0.25, 0.3) is 0 Å². The fourth-order valence-electron chi connectivity index (χ4n) is 0.965. The minimum atomic E-state index is 0.336. The van der Waals surface area contributed by atoms with E-state index in [-0.39, 0.29) is 0 Å². The van der Waals surface area contributed by atoms with Gasteiger partial charge in [-0.05, 0) is 24.1 Å². The number of rotatable bonds is 1. The lowest BCUT2D eigenvalue weighted by Gasteiger charge is -2.00. The van der Waals surface area contributed by atoms with Gasteiger partial charge in [0.2, 0.25) is 0 Å². The third-order valence-electron chi connectivity index (χ3n) is 1.69. The molecule has 1 heterocycles. The standard InChI is InChI=1S/C9H7N3/c1-7-8(2-4-10)3-5-12-9(7)6-11/h3,5H,2H2,1H3. The molecule has 0 aliphatic carbocycles. The van der Waals surface area contributed by atoms with Crippen LogP contribution in [0.5, 0.6) is 0 Å². The van der Waals surface area contributed by atoms with Crippen LogP contribution in [0, 0.1) is 29.6 Å². The monoisotopic (exact) mass is 157 g/mol. The summed E-state index contributed by atoms with van der Waals surface area (Å²) in [4.78, 5) is 3.87. The molecule has 1 aromatic rings. The minimum Gasteiger partial charge on any atom is -0.245 e. The van der Waals surface area contributed by atoms with Crippen molar-refractivity contribution < 1.29 is 0 Å². The highest BCUT2D eigenvalue weighted by Gasteiger charge is 2.02. The molecule has 0 aromatic carbocycles. The Balaban J connectivity index is 3.18. The second-order valence-electron chi connectivity index (χ2n) is 2.39. The van der Waals surface area contributed by atoms with Gasteiger partial charge in [0, 0.05) is 6.20 Å². The van der Waals surface area contributed by atoms with Crippen molar-refractivity contribution in [2.75, 3.05) is 0 Å². The Morgan fingerprint density at radius 3 is 2.83 bits per heavy atom. The van der Waals surface area contributed by atoms with E-state index in [0.717, 1.165) is 11.1 Å². The molecule has 0 bridgehead atoms. The maximum Gasteiger partial charge on any atom is 0.143 e. The summed E-state index contributed by atoms with van der Waals surface area (Å²) in [6, 6.07) is 5.78. The molecule has 0 saturated heterocycles. The fraction of sp³-hybridized carbons (Fsp3) is 0.222. The predicted octanol–water partition coefficient (Wildman–Crippen LogP) is 1.33. The van der Waals surface area contributed by atoms with E-state index in [0.29, 0.717) is 12.1 Å². The van der Waals surface area contributed by atoms with Crippen LogP contribution in [0.25, 0.3) is 0 Å². The SMILES string of the molecule is Cc1c(CC#N)ccnc1C#N. The number of hydrogen-bond acceptors (Lipinski definition) is 3. The number of pyridine rings is 1. The third kappa shape index (κ3) is 1.41. The summed E-state index contributed by atoms with van der Waals surface area (Å²) in [5, 5.41) is 17.1. The molecule has 58 valence electrons. The molecule has 0 spiro atoms. The second kappa shape index (κ2) is 3.50. The Kier molecular flexibility index (Phi) is 2.40. The predicted molar refractivity (Wildman–Crippen MR) is 43.0 cm³/mol. The van der Waals surface area contributed by atoms with Crippen LogP contribution in [-0.4, -0.2) is 4.98 Å². The lowest BCUT2D eigenvalue weighted by molar-refractivity contribution is 1.13. The van der Waals surface area contributed by atoms with Gasteiger partial charge in [-0.15, -0.1) is 0 Å². The van der Waals surface area contributed by atoms with Gasteiger partial charge in [0.1, 0.15) is 11.8 Å². The molecule has 0 aliphatic rings. The average molecular weight is 157 g/mol. The molecular formula is C9H7N3. The summed E-state index contributed by atoms with van der Waals surface area (Å²) in [7, 11) is 0. The summed E-state index contributed by atoms with van der Waals surface area (Å²) in [6.07, 6.45) is 1.89. The molecule has 0 unspecified atom stereocenters. The third-order valence-corrected chi connectivity index (χ3v) is 1.69. The molecule has 12 heavy (non-hydrogen) atoms. The van der Waals surface area contributed by atoms with Crippen molar-refractivity contribution in [2.45, 2.75) is 13.3 Å². The summed E-state index contributed by atoms with van der Waals surface area (Å²) >= 11 is 0. The van der Waals surface area contributed by atoms with Gasteiger partial charge in [0.05, 0.1) is 12.5 Å². The van der Waals surface area contributed by atoms with E-state index in [9.17, 15) is 0 Å². The highest BCUT2D eigenvalue weighted by Crippen LogP contribution is 2.09. The molecule has 1 aromatic heterocycles. The van der Waals surface area contributed by atoms with Crippen LogP contribution in [0.1, 0.15) is 16.8 Å². The molecule has 0 radical (unpaired) electrons. The number of aromatic nitrogens is 1. The lowest BCUT2D eigenvalue weighted by atomic mass is 10.1. The molecule has 0 fully saturated rings. The second-order valence-corrected chi connectivity index (χ2v) is 2.39. The summed E-state index contributed by atoms with van der Waals surface area (Å²) in [5.41, 5.74) is 2.09. The van der Waals surface area contributed by atoms with Crippen LogP contribution in [-0.2, 0) is 6.42 Å². The van der Waals surface area contributed by atoms with Crippen molar-refractivity contribution >= 4 is 0 Å². The molecule has 3 heteroatoms. The Hall–Kier alpha value is -1.87. The Bertz CT molecular complexity index is 368. The van der Waals surface area contributed by atoms with Crippen molar-refractivity contribution in [3.8, 4) is 12.1 Å². The van der Waals surface area contributed by atoms with Crippen LogP contribution in [0.2, 0.25) is 0 Å². The van der Waals surface area contributed by atoms with Crippen molar-refractivity contribution in [1.29, 1.82) is 10.5 Å². The van der Waals surface area contributed by atoms with Crippen LogP contribution >= 0.6 is 0 Å². The summed E-state index contributed by atoms with van der Waals surface area (Å²) in [5.74, 6) is 0. The van der Waals surface area contributed by atoms with E-state index in [1.54, 1.807) is 19.2 Å². The zero-order valence-electron chi connectivity index (χ0n) is 6.70. The molecular weight excluding hydrogens is 150 g/mol. The lowest BCUT2D eigenvalue weighted by Crippen LogP contribution is -1.93. The Labute approximate surface area is 70.9 Å². The van der Waals surface area contributed by atoms with Gasteiger partial charge >= 0.3 is 0 Å². The van der Waals surface area contributed by atoms with E-state index in [1.807, 2.05) is 12.1 Å². The normalized spacial score (nSPS) is 8.58. The molecule has 0 atom stereocenters. The molecule has 1 rings (SSSR count). The van der Waals surface area contributed by atoms with E-state index in [2.05, 4.69) is 4.98 Å². The molecule has 0 aliphatic heterocycles. The van der Waals surface area contributed by atoms with Gasteiger partial charge in [-0.1, -0.05) is 0 Å². The maximum atomic E-state index is 8.62. The first kappa shape index (κ1) is 8.23. The number of nitrogens with zero attached hydrogens (tertiary/aromatic N) is 3. The zero-order valence-corrected chi connectivity index (χ0v) is 6.70. The van der Waals surface area contributed by atoms with Crippen LogP contribution in [0.15, 0.2) is 12.3 Å². The maximum absolute atomic E-state index is 8.62. The number of nitriles is 2. The van der Waals surface area contributed by atoms with Crippen LogP contribution < -0.4 is 0 Å². The highest BCUT2D eigenvalue weighted by molar-refractivity contribution is 5.37. The van der Waals surface area contributed by atoms with Crippen LogP contribution in [0.4, 0.5) is 0 Å². The number of hydrogen-bond donors (Lipinski definition) is 0. The molecule has 0 amide bonds. The Morgan fingerprint density at radius 1 is 1.50 bits per heavy atom. The summed E-state index contributed by atoms with van der Waals surface area (Å²) in [6.45, 7) is 1.80. The fourth-order valence-corrected chi connectivity index (χ4v) is 0.965. The van der Waals surface area contributed by atoms with Gasteiger partial charge in [-0.3, -0.25) is 0 Å². The molecule has 3 nitrogen and oxygen atoms in total. The Morgan fingerprint density at radius 2 is 2.25 bits per heavy atom. The first-order chi connectivity index (χ1) is 5.79.